The van der Waals surface area contributed by atoms with Crippen LogP contribution in [0.2, 0.25) is 0 Å². The molecule has 0 bridgehead atoms. The number of carboxylic acid groups (broad SMARTS) is 1. The minimum atomic E-state index is -0.625. The van der Waals surface area contributed by atoms with Crippen LogP contribution in [0.25, 0.3) is 0 Å². The van der Waals surface area contributed by atoms with E-state index in [1.54, 1.807) is 0 Å². The van der Waals surface area contributed by atoms with Crippen molar-refractivity contribution in [2.75, 3.05) is 0 Å². The minimum absolute atomic E-state index is 0.111. The second-order valence-corrected chi connectivity index (χ2v) is 4.21. The lowest BCUT2D eigenvalue weighted by Crippen LogP contribution is -2.27. The molecular weight excluding hydrogens is 140 g/mol. The Morgan fingerprint density at radius 3 is 2.00 bits per heavy atom. The van der Waals surface area contributed by atoms with Gasteiger partial charge in [0.25, 0.3) is 0 Å². The molecule has 1 atom stereocenters. The van der Waals surface area contributed by atoms with E-state index in [0.717, 1.165) is 12.8 Å². The molecule has 0 radical (unpaired) electrons. The van der Waals surface area contributed by atoms with Crippen LogP contribution in [0.15, 0.2) is 0 Å². The van der Waals surface area contributed by atoms with Gasteiger partial charge in [-0.1, -0.05) is 20.8 Å². The molecule has 2 heteroatoms. The highest BCUT2D eigenvalue weighted by molar-refractivity contribution is 5.71. The van der Waals surface area contributed by atoms with Crippen molar-refractivity contribution < 1.29 is 9.90 Å². The summed E-state index contributed by atoms with van der Waals surface area (Å²) in [6.45, 7) is 6.05. The first kappa shape index (κ1) is 8.57. The van der Waals surface area contributed by atoms with E-state index in [4.69, 9.17) is 5.11 Å². The van der Waals surface area contributed by atoms with E-state index in [-0.39, 0.29) is 17.3 Å². The highest BCUT2D eigenvalue weighted by Crippen LogP contribution is 2.53. The van der Waals surface area contributed by atoms with Gasteiger partial charge in [0.05, 0.1) is 5.92 Å². The molecule has 64 valence electrons. The van der Waals surface area contributed by atoms with Crippen LogP contribution in [-0.4, -0.2) is 11.1 Å². The Kier molecular flexibility index (Phi) is 1.95. The molecule has 1 saturated carbocycles. The average molecular weight is 156 g/mol. The molecule has 0 aromatic carbocycles. The lowest BCUT2D eigenvalue weighted by molar-refractivity contribution is -0.145. The largest absolute Gasteiger partial charge is 0.481 e. The topological polar surface area (TPSA) is 37.3 Å². The Hall–Kier alpha value is -0.530. The van der Waals surface area contributed by atoms with E-state index in [2.05, 4.69) is 6.92 Å². The number of carboxylic acids is 1. The van der Waals surface area contributed by atoms with Crippen molar-refractivity contribution in [2.45, 2.75) is 33.6 Å². The number of hydrogen-bond acceptors (Lipinski definition) is 1. The summed E-state index contributed by atoms with van der Waals surface area (Å²) in [7, 11) is 0. The van der Waals surface area contributed by atoms with Gasteiger partial charge in [-0.3, -0.25) is 4.79 Å². The van der Waals surface area contributed by atoms with Crippen LogP contribution in [0.1, 0.15) is 33.6 Å². The van der Waals surface area contributed by atoms with Gasteiger partial charge in [0.2, 0.25) is 0 Å². The van der Waals surface area contributed by atoms with Crippen molar-refractivity contribution >= 4 is 5.97 Å². The predicted molar refractivity (Wildman–Crippen MR) is 43.3 cm³/mol. The minimum Gasteiger partial charge on any atom is -0.481 e. The fourth-order valence-corrected chi connectivity index (χ4v) is 1.90. The molecule has 0 spiro atoms. The van der Waals surface area contributed by atoms with E-state index < -0.39 is 5.97 Å². The molecule has 11 heavy (non-hydrogen) atoms. The maximum absolute atomic E-state index is 10.8. The maximum atomic E-state index is 10.8. The van der Waals surface area contributed by atoms with Crippen molar-refractivity contribution in [3.63, 3.8) is 0 Å². The van der Waals surface area contributed by atoms with Gasteiger partial charge in [0.15, 0.2) is 0 Å². The summed E-state index contributed by atoms with van der Waals surface area (Å²) in [6.07, 6.45) is 2.17. The van der Waals surface area contributed by atoms with Gasteiger partial charge in [-0.2, -0.15) is 0 Å². The van der Waals surface area contributed by atoms with Crippen LogP contribution in [0.4, 0.5) is 0 Å². The summed E-state index contributed by atoms with van der Waals surface area (Å²) >= 11 is 0. The summed E-state index contributed by atoms with van der Waals surface area (Å²) < 4.78 is 0. The van der Waals surface area contributed by atoms with Gasteiger partial charge in [-0.05, 0) is 24.2 Å². The number of carbonyl (C=O) groups is 1. The molecule has 0 aromatic heterocycles. The first-order chi connectivity index (χ1) is 4.97. The number of aliphatic carboxylic acids is 1. The van der Waals surface area contributed by atoms with Crippen LogP contribution >= 0.6 is 0 Å². The standard InChI is InChI=1S/C9H16O2/c1-6(2)7(8(10)11)9(3)4-5-9/h6-7H,4-5H2,1-3H3,(H,10,11). The van der Waals surface area contributed by atoms with Crippen LogP contribution in [-0.2, 0) is 4.79 Å². The molecular formula is C9H16O2. The fourth-order valence-electron chi connectivity index (χ4n) is 1.90. The molecule has 0 heterocycles. The molecule has 1 aliphatic carbocycles. The Labute approximate surface area is 67.6 Å². The highest BCUT2D eigenvalue weighted by atomic mass is 16.4. The van der Waals surface area contributed by atoms with Gasteiger partial charge in [-0.15, -0.1) is 0 Å². The third-order valence-electron chi connectivity index (χ3n) is 2.72. The number of rotatable bonds is 3. The second-order valence-electron chi connectivity index (χ2n) is 4.21. The van der Waals surface area contributed by atoms with E-state index in [0.29, 0.717) is 0 Å². The maximum Gasteiger partial charge on any atom is 0.307 e. The fraction of sp³-hybridized carbons (Fsp3) is 0.889. The van der Waals surface area contributed by atoms with Crippen molar-refractivity contribution in [1.29, 1.82) is 0 Å². The Balaban J connectivity index is 2.68. The van der Waals surface area contributed by atoms with Gasteiger partial charge < -0.3 is 5.11 Å². The first-order valence-electron chi connectivity index (χ1n) is 4.20. The monoisotopic (exact) mass is 156 g/mol. The molecule has 2 nitrogen and oxygen atoms in total. The third kappa shape index (κ3) is 1.55. The quantitative estimate of drug-likeness (QED) is 0.679. The molecule has 1 fully saturated rings. The van der Waals surface area contributed by atoms with Crippen LogP contribution in [0.5, 0.6) is 0 Å². The van der Waals surface area contributed by atoms with Gasteiger partial charge in [0, 0.05) is 0 Å². The normalized spacial score (nSPS) is 23.3. The Morgan fingerprint density at radius 2 is 1.91 bits per heavy atom. The van der Waals surface area contributed by atoms with E-state index >= 15 is 0 Å². The van der Waals surface area contributed by atoms with E-state index in [1.807, 2.05) is 13.8 Å². The molecule has 1 N–H and O–H groups in total. The summed E-state index contributed by atoms with van der Waals surface area (Å²) in [5.41, 5.74) is 0.111. The number of hydrogen-bond donors (Lipinski definition) is 1. The predicted octanol–water partition coefficient (Wildman–Crippen LogP) is 2.14. The van der Waals surface area contributed by atoms with Gasteiger partial charge in [-0.25, -0.2) is 0 Å². The van der Waals surface area contributed by atoms with E-state index in [1.165, 1.54) is 0 Å². The van der Waals surface area contributed by atoms with Crippen LogP contribution in [0, 0.1) is 17.3 Å². The SMILES string of the molecule is CC(C)C(C(=O)O)C1(C)CC1. The zero-order valence-electron chi connectivity index (χ0n) is 7.42. The summed E-state index contributed by atoms with van der Waals surface area (Å²) in [6, 6.07) is 0. The zero-order valence-corrected chi connectivity index (χ0v) is 7.42. The lowest BCUT2D eigenvalue weighted by Gasteiger charge is -2.22. The van der Waals surface area contributed by atoms with Crippen molar-refractivity contribution in [2.24, 2.45) is 17.3 Å². The van der Waals surface area contributed by atoms with Crippen molar-refractivity contribution in [1.82, 2.24) is 0 Å². The molecule has 0 saturated heterocycles. The average Bonchev–Trinajstić information content (AvgIpc) is 2.44. The summed E-state index contributed by atoms with van der Waals surface area (Å²) in [5, 5.41) is 8.92. The second kappa shape index (κ2) is 2.50. The lowest BCUT2D eigenvalue weighted by atomic mass is 9.82. The zero-order chi connectivity index (χ0) is 8.65. The molecule has 0 aromatic rings. The van der Waals surface area contributed by atoms with Crippen molar-refractivity contribution in [3.05, 3.63) is 0 Å². The molecule has 0 aliphatic heterocycles. The first-order valence-corrected chi connectivity index (χ1v) is 4.20. The Morgan fingerprint density at radius 1 is 1.45 bits per heavy atom. The van der Waals surface area contributed by atoms with Gasteiger partial charge >= 0.3 is 5.97 Å². The smallest absolute Gasteiger partial charge is 0.307 e. The van der Waals surface area contributed by atoms with Crippen LogP contribution < -0.4 is 0 Å². The highest BCUT2D eigenvalue weighted by Gasteiger charge is 2.49. The Bertz CT molecular complexity index is 168. The summed E-state index contributed by atoms with van der Waals surface area (Å²) in [5.74, 6) is -0.498. The molecule has 1 unspecified atom stereocenters. The van der Waals surface area contributed by atoms with Gasteiger partial charge in [0.1, 0.15) is 0 Å². The van der Waals surface area contributed by atoms with E-state index in [9.17, 15) is 4.79 Å². The van der Waals surface area contributed by atoms with Crippen molar-refractivity contribution in [3.8, 4) is 0 Å². The molecule has 1 rings (SSSR count). The molecule has 0 amide bonds. The third-order valence-corrected chi connectivity index (χ3v) is 2.72. The summed E-state index contributed by atoms with van der Waals surface area (Å²) in [4.78, 5) is 10.8. The van der Waals surface area contributed by atoms with Crippen LogP contribution in [0.3, 0.4) is 0 Å². The molecule has 1 aliphatic rings.